The van der Waals surface area contributed by atoms with E-state index in [4.69, 9.17) is 0 Å². The van der Waals surface area contributed by atoms with Crippen LogP contribution in [-0.4, -0.2) is 9.97 Å². The van der Waals surface area contributed by atoms with Crippen LogP contribution in [0.5, 0.6) is 0 Å². The second-order valence-electron chi connectivity index (χ2n) is 2.52. The van der Waals surface area contributed by atoms with Gasteiger partial charge in [-0.05, 0) is 41.1 Å². The number of aromatic amines is 1. The first kappa shape index (κ1) is 7.09. The number of fused-ring (bicyclic) bond motifs is 1. The van der Waals surface area contributed by atoms with Crippen LogP contribution in [0.4, 0.5) is 0 Å². The summed E-state index contributed by atoms with van der Waals surface area (Å²) in [6, 6.07) is 2.13. The van der Waals surface area contributed by atoms with Crippen molar-refractivity contribution in [2.24, 2.45) is 0 Å². The molecule has 0 amide bonds. The number of halogens is 1. The highest BCUT2D eigenvalue weighted by Gasteiger charge is 1.99. The zero-order chi connectivity index (χ0) is 7.84. The lowest BCUT2D eigenvalue weighted by Crippen LogP contribution is -1.77. The first-order chi connectivity index (χ1) is 5.27. The molecule has 0 saturated heterocycles. The summed E-state index contributed by atoms with van der Waals surface area (Å²) in [5, 5.41) is 1.22. The molecule has 2 heterocycles. The van der Waals surface area contributed by atoms with Crippen molar-refractivity contribution in [3.8, 4) is 0 Å². The molecule has 2 rings (SSSR count). The van der Waals surface area contributed by atoms with Crippen molar-refractivity contribution in [1.82, 2.24) is 9.97 Å². The lowest BCUT2D eigenvalue weighted by Gasteiger charge is -1.90. The Morgan fingerprint density at radius 1 is 1.55 bits per heavy atom. The molecule has 1 N–H and O–H groups in total. The molecule has 0 spiro atoms. The van der Waals surface area contributed by atoms with E-state index in [9.17, 15) is 0 Å². The minimum Gasteiger partial charge on any atom is -0.346 e. The summed E-state index contributed by atoms with van der Waals surface area (Å²) in [6.07, 6.45) is 3.84. The van der Waals surface area contributed by atoms with E-state index in [1.807, 2.05) is 12.4 Å². The van der Waals surface area contributed by atoms with Crippen LogP contribution in [0, 0.1) is 10.5 Å². The van der Waals surface area contributed by atoms with Crippen molar-refractivity contribution in [3.63, 3.8) is 0 Å². The zero-order valence-corrected chi connectivity index (χ0v) is 8.21. The second-order valence-corrected chi connectivity index (χ2v) is 3.77. The van der Waals surface area contributed by atoms with Gasteiger partial charge in [-0.25, -0.2) is 4.98 Å². The van der Waals surface area contributed by atoms with Gasteiger partial charge in [-0.3, -0.25) is 0 Å². The molecule has 0 fully saturated rings. The minimum absolute atomic E-state index is 0.975. The molecule has 0 radical (unpaired) electrons. The summed E-state index contributed by atoms with van der Waals surface area (Å²) in [6.45, 7) is 2.08. The number of H-pyrrole nitrogens is 1. The summed E-state index contributed by atoms with van der Waals surface area (Å²) in [4.78, 5) is 7.34. The summed E-state index contributed by atoms with van der Waals surface area (Å²) in [7, 11) is 0. The number of pyridine rings is 1. The summed E-state index contributed by atoms with van der Waals surface area (Å²) in [5.74, 6) is 0. The molecule has 0 unspecified atom stereocenters. The molecule has 0 aliphatic heterocycles. The Bertz CT molecular complexity index is 392. The second kappa shape index (κ2) is 2.48. The number of aryl methyl sites for hydroxylation is 1. The number of hydrogen-bond donors (Lipinski definition) is 1. The number of nitrogens with one attached hydrogen (secondary N) is 1. The van der Waals surface area contributed by atoms with Crippen LogP contribution in [0.15, 0.2) is 18.5 Å². The standard InChI is InChI=1S/C8H7IN2/c1-5-3-10-8-7(5)2-6(9)4-11-8/h2-4H,1H3,(H,10,11). The normalized spacial score (nSPS) is 10.7. The van der Waals surface area contributed by atoms with Crippen molar-refractivity contribution >= 4 is 33.6 Å². The predicted octanol–water partition coefficient (Wildman–Crippen LogP) is 2.48. The molecule has 0 aliphatic rings. The van der Waals surface area contributed by atoms with Gasteiger partial charge in [0.1, 0.15) is 5.65 Å². The van der Waals surface area contributed by atoms with E-state index in [2.05, 4.69) is 45.5 Å². The molecule has 2 nitrogen and oxygen atoms in total. The lowest BCUT2D eigenvalue weighted by atomic mass is 10.2. The van der Waals surface area contributed by atoms with Crippen LogP contribution < -0.4 is 0 Å². The summed E-state index contributed by atoms with van der Waals surface area (Å²) >= 11 is 2.27. The maximum atomic E-state index is 4.24. The SMILES string of the molecule is Cc1c[nH]c2ncc(I)cc12. The first-order valence-corrected chi connectivity index (χ1v) is 4.44. The molecule has 2 aromatic rings. The third-order valence-corrected chi connectivity index (χ3v) is 2.29. The zero-order valence-electron chi connectivity index (χ0n) is 6.06. The van der Waals surface area contributed by atoms with E-state index in [-0.39, 0.29) is 0 Å². The Balaban J connectivity index is 2.87. The molecule has 0 saturated carbocycles. The Morgan fingerprint density at radius 3 is 3.18 bits per heavy atom. The van der Waals surface area contributed by atoms with Gasteiger partial charge < -0.3 is 4.98 Å². The van der Waals surface area contributed by atoms with E-state index >= 15 is 0 Å². The van der Waals surface area contributed by atoms with Crippen LogP contribution in [0.1, 0.15) is 5.56 Å². The molecule has 11 heavy (non-hydrogen) atoms. The summed E-state index contributed by atoms with van der Waals surface area (Å²) < 4.78 is 1.18. The van der Waals surface area contributed by atoms with Crippen molar-refractivity contribution in [1.29, 1.82) is 0 Å². The largest absolute Gasteiger partial charge is 0.346 e. The van der Waals surface area contributed by atoms with Crippen LogP contribution in [-0.2, 0) is 0 Å². The smallest absolute Gasteiger partial charge is 0.137 e. The average molecular weight is 258 g/mol. The fraction of sp³-hybridized carbons (Fsp3) is 0.125. The highest BCUT2D eigenvalue weighted by molar-refractivity contribution is 14.1. The van der Waals surface area contributed by atoms with E-state index in [0.717, 1.165) is 5.65 Å². The molecule has 56 valence electrons. The van der Waals surface area contributed by atoms with Gasteiger partial charge in [0.05, 0.1) is 0 Å². The van der Waals surface area contributed by atoms with Gasteiger partial charge in [0.25, 0.3) is 0 Å². The van der Waals surface area contributed by atoms with Crippen LogP contribution in [0.25, 0.3) is 11.0 Å². The van der Waals surface area contributed by atoms with Crippen LogP contribution in [0.3, 0.4) is 0 Å². The Morgan fingerprint density at radius 2 is 2.36 bits per heavy atom. The van der Waals surface area contributed by atoms with Gasteiger partial charge in [-0.1, -0.05) is 0 Å². The van der Waals surface area contributed by atoms with Gasteiger partial charge in [0.2, 0.25) is 0 Å². The maximum Gasteiger partial charge on any atom is 0.137 e. The Labute approximate surface area is 78.2 Å². The van der Waals surface area contributed by atoms with Crippen molar-refractivity contribution in [2.45, 2.75) is 6.92 Å². The van der Waals surface area contributed by atoms with Crippen LogP contribution in [0.2, 0.25) is 0 Å². The number of nitrogens with zero attached hydrogens (tertiary/aromatic N) is 1. The number of hydrogen-bond acceptors (Lipinski definition) is 1. The summed E-state index contributed by atoms with van der Waals surface area (Å²) in [5.41, 5.74) is 2.23. The molecular weight excluding hydrogens is 251 g/mol. The quantitative estimate of drug-likeness (QED) is 0.722. The Kier molecular flexibility index (Phi) is 1.60. The lowest BCUT2D eigenvalue weighted by molar-refractivity contribution is 1.31. The molecular formula is C8H7IN2. The number of aromatic nitrogens is 2. The topological polar surface area (TPSA) is 28.7 Å². The highest BCUT2D eigenvalue weighted by Crippen LogP contribution is 2.16. The average Bonchev–Trinajstić information content (AvgIpc) is 2.33. The van der Waals surface area contributed by atoms with Crippen molar-refractivity contribution < 1.29 is 0 Å². The molecule has 0 bridgehead atoms. The van der Waals surface area contributed by atoms with Gasteiger partial charge >= 0.3 is 0 Å². The van der Waals surface area contributed by atoms with Crippen LogP contribution >= 0.6 is 22.6 Å². The first-order valence-electron chi connectivity index (χ1n) is 3.36. The van der Waals surface area contributed by atoms with E-state index in [1.165, 1.54) is 14.5 Å². The molecule has 0 atom stereocenters. The van der Waals surface area contributed by atoms with Gasteiger partial charge in [0, 0.05) is 21.4 Å². The van der Waals surface area contributed by atoms with Gasteiger partial charge in [-0.15, -0.1) is 0 Å². The van der Waals surface area contributed by atoms with E-state index in [1.54, 1.807) is 0 Å². The minimum atomic E-state index is 0.975. The maximum absolute atomic E-state index is 4.24. The number of rotatable bonds is 0. The predicted molar refractivity (Wildman–Crippen MR) is 53.5 cm³/mol. The van der Waals surface area contributed by atoms with Crippen molar-refractivity contribution in [2.75, 3.05) is 0 Å². The fourth-order valence-electron chi connectivity index (χ4n) is 1.11. The van der Waals surface area contributed by atoms with Crippen molar-refractivity contribution in [3.05, 3.63) is 27.6 Å². The highest BCUT2D eigenvalue weighted by atomic mass is 127. The van der Waals surface area contributed by atoms with E-state index in [0.29, 0.717) is 0 Å². The third-order valence-electron chi connectivity index (χ3n) is 1.70. The fourth-order valence-corrected chi connectivity index (χ4v) is 1.56. The van der Waals surface area contributed by atoms with E-state index < -0.39 is 0 Å². The molecule has 0 aliphatic carbocycles. The Hall–Kier alpha value is -0.580. The third kappa shape index (κ3) is 1.13. The van der Waals surface area contributed by atoms with Gasteiger partial charge in [-0.2, -0.15) is 0 Å². The molecule has 3 heteroatoms. The molecule has 2 aromatic heterocycles. The monoisotopic (exact) mass is 258 g/mol. The van der Waals surface area contributed by atoms with Gasteiger partial charge in [0.15, 0.2) is 0 Å². The molecule has 0 aromatic carbocycles.